The van der Waals surface area contributed by atoms with E-state index in [2.05, 4.69) is 15.3 Å². The van der Waals surface area contributed by atoms with Crippen LogP contribution in [0.25, 0.3) is 0 Å². The second-order valence-electron chi connectivity index (χ2n) is 4.32. The zero-order valence-electron chi connectivity index (χ0n) is 9.37. The smallest absolute Gasteiger partial charge is 0.129 e. The first-order valence-corrected chi connectivity index (χ1v) is 5.91. The second-order valence-corrected chi connectivity index (χ2v) is 4.32. The molecule has 1 aliphatic rings. The molecule has 1 aromatic rings. The summed E-state index contributed by atoms with van der Waals surface area (Å²) in [6, 6.07) is 2.57. The Morgan fingerprint density at radius 1 is 1.20 bits per heavy atom. The minimum atomic E-state index is 0.613. The lowest BCUT2D eigenvalue weighted by Gasteiger charge is -2.16. The van der Waals surface area contributed by atoms with E-state index in [1.807, 2.05) is 19.2 Å². The molecule has 0 aliphatic heterocycles. The number of anilines is 1. The van der Waals surface area contributed by atoms with Gasteiger partial charge in [0.15, 0.2) is 0 Å². The van der Waals surface area contributed by atoms with Gasteiger partial charge in [0.25, 0.3) is 0 Å². The van der Waals surface area contributed by atoms with Crippen LogP contribution in [0.2, 0.25) is 0 Å². The minimum Gasteiger partial charge on any atom is -0.367 e. The highest BCUT2D eigenvalue weighted by Gasteiger charge is 2.12. The first kappa shape index (κ1) is 10.4. The molecule has 0 aromatic carbocycles. The van der Waals surface area contributed by atoms with Gasteiger partial charge in [-0.2, -0.15) is 0 Å². The van der Waals surface area contributed by atoms with Crippen LogP contribution in [0.3, 0.4) is 0 Å². The zero-order chi connectivity index (χ0) is 10.5. The topological polar surface area (TPSA) is 37.8 Å². The molecule has 1 aliphatic carbocycles. The summed E-state index contributed by atoms with van der Waals surface area (Å²) in [6.07, 6.45) is 9.86. The third-order valence-corrected chi connectivity index (χ3v) is 2.98. The van der Waals surface area contributed by atoms with Gasteiger partial charge in [0.05, 0.1) is 0 Å². The SMILES string of the molecule is Cc1nccc(NC2CCCCCC2)n1. The van der Waals surface area contributed by atoms with Crippen LogP contribution in [0.5, 0.6) is 0 Å². The van der Waals surface area contributed by atoms with Gasteiger partial charge in [-0.25, -0.2) is 9.97 Å². The second kappa shape index (κ2) is 5.10. The van der Waals surface area contributed by atoms with Crippen LogP contribution >= 0.6 is 0 Å². The monoisotopic (exact) mass is 205 g/mol. The summed E-state index contributed by atoms with van der Waals surface area (Å²) in [5, 5.41) is 3.51. The molecule has 0 amide bonds. The highest BCUT2D eigenvalue weighted by Crippen LogP contribution is 2.20. The standard InChI is InChI=1S/C12H19N3/c1-10-13-9-8-12(14-10)15-11-6-4-2-3-5-7-11/h8-9,11H,2-7H2,1H3,(H,13,14,15). The maximum Gasteiger partial charge on any atom is 0.129 e. The van der Waals surface area contributed by atoms with E-state index in [1.165, 1.54) is 38.5 Å². The number of aromatic nitrogens is 2. The van der Waals surface area contributed by atoms with Crippen molar-refractivity contribution in [2.45, 2.75) is 51.5 Å². The molecule has 82 valence electrons. The molecule has 0 atom stereocenters. The molecule has 1 N–H and O–H groups in total. The normalized spacial score (nSPS) is 18.5. The molecular formula is C12H19N3. The number of nitrogens with zero attached hydrogens (tertiary/aromatic N) is 2. The summed E-state index contributed by atoms with van der Waals surface area (Å²) in [5.41, 5.74) is 0. The fourth-order valence-corrected chi connectivity index (χ4v) is 2.17. The number of aryl methyl sites for hydroxylation is 1. The van der Waals surface area contributed by atoms with E-state index in [1.54, 1.807) is 0 Å². The molecule has 15 heavy (non-hydrogen) atoms. The van der Waals surface area contributed by atoms with Gasteiger partial charge >= 0.3 is 0 Å². The first-order valence-electron chi connectivity index (χ1n) is 5.91. The van der Waals surface area contributed by atoms with Crippen LogP contribution in [0.4, 0.5) is 5.82 Å². The molecule has 3 heteroatoms. The fourth-order valence-electron chi connectivity index (χ4n) is 2.17. The van der Waals surface area contributed by atoms with Crippen LogP contribution < -0.4 is 5.32 Å². The van der Waals surface area contributed by atoms with E-state index in [4.69, 9.17) is 0 Å². The van der Waals surface area contributed by atoms with Crippen LogP contribution in [0.1, 0.15) is 44.3 Å². The van der Waals surface area contributed by atoms with Crippen molar-refractivity contribution in [3.05, 3.63) is 18.1 Å². The third kappa shape index (κ3) is 3.18. The van der Waals surface area contributed by atoms with Gasteiger partial charge in [-0.15, -0.1) is 0 Å². The first-order chi connectivity index (χ1) is 7.34. The Balaban J connectivity index is 1.95. The van der Waals surface area contributed by atoms with Crippen molar-refractivity contribution < 1.29 is 0 Å². The Kier molecular flexibility index (Phi) is 3.54. The maximum absolute atomic E-state index is 4.38. The van der Waals surface area contributed by atoms with Crippen molar-refractivity contribution >= 4 is 5.82 Å². The molecule has 1 aromatic heterocycles. The van der Waals surface area contributed by atoms with Crippen molar-refractivity contribution in [2.24, 2.45) is 0 Å². The average molecular weight is 205 g/mol. The highest BCUT2D eigenvalue weighted by atomic mass is 15.0. The molecule has 0 saturated heterocycles. The van der Waals surface area contributed by atoms with Crippen LogP contribution in [-0.4, -0.2) is 16.0 Å². The lowest BCUT2D eigenvalue weighted by molar-refractivity contribution is 0.617. The van der Waals surface area contributed by atoms with Crippen molar-refractivity contribution in [1.29, 1.82) is 0 Å². The third-order valence-electron chi connectivity index (χ3n) is 2.98. The lowest BCUT2D eigenvalue weighted by atomic mass is 10.1. The molecule has 0 spiro atoms. The van der Waals surface area contributed by atoms with E-state index in [0.717, 1.165) is 11.6 Å². The summed E-state index contributed by atoms with van der Waals surface area (Å²) in [4.78, 5) is 8.48. The fraction of sp³-hybridized carbons (Fsp3) is 0.667. The quantitative estimate of drug-likeness (QED) is 0.754. The van der Waals surface area contributed by atoms with Crippen LogP contribution in [0.15, 0.2) is 12.3 Å². The van der Waals surface area contributed by atoms with E-state index < -0.39 is 0 Å². The van der Waals surface area contributed by atoms with Gasteiger partial charge in [0.2, 0.25) is 0 Å². The van der Waals surface area contributed by atoms with E-state index in [-0.39, 0.29) is 0 Å². The van der Waals surface area contributed by atoms with Gasteiger partial charge in [-0.1, -0.05) is 25.7 Å². The Bertz CT molecular complexity index is 303. The van der Waals surface area contributed by atoms with Crippen molar-refractivity contribution in [2.75, 3.05) is 5.32 Å². The molecular weight excluding hydrogens is 186 g/mol. The average Bonchev–Trinajstić information content (AvgIpc) is 2.46. The molecule has 2 rings (SSSR count). The largest absolute Gasteiger partial charge is 0.367 e. The molecule has 0 bridgehead atoms. The predicted molar refractivity (Wildman–Crippen MR) is 61.9 cm³/mol. The molecule has 0 unspecified atom stereocenters. The molecule has 1 fully saturated rings. The number of hydrogen-bond donors (Lipinski definition) is 1. The summed E-state index contributed by atoms with van der Waals surface area (Å²) >= 11 is 0. The van der Waals surface area contributed by atoms with Gasteiger partial charge in [0.1, 0.15) is 11.6 Å². The van der Waals surface area contributed by atoms with Gasteiger partial charge in [0, 0.05) is 12.2 Å². The van der Waals surface area contributed by atoms with E-state index >= 15 is 0 Å². The Hall–Kier alpha value is -1.12. The molecule has 1 saturated carbocycles. The van der Waals surface area contributed by atoms with Crippen molar-refractivity contribution in [3.63, 3.8) is 0 Å². The Morgan fingerprint density at radius 2 is 1.93 bits per heavy atom. The minimum absolute atomic E-state index is 0.613. The molecule has 1 heterocycles. The van der Waals surface area contributed by atoms with E-state index in [0.29, 0.717) is 6.04 Å². The lowest BCUT2D eigenvalue weighted by Crippen LogP contribution is -2.19. The van der Waals surface area contributed by atoms with Crippen LogP contribution in [0, 0.1) is 6.92 Å². The molecule has 0 radical (unpaired) electrons. The van der Waals surface area contributed by atoms with Crippen LogP contribution in [-0.2, 0) is 0 Å². The summed E-state index contributed by atoms with van der Waals surface area (Å²) < 4.78 is 0. The van der Waals surface area contributed by atoms with Crippen molar-refractivity contribution in [1.82, 2.24) is 9.97 Å². The maximum atomic E-state index is 4.38. The number of nitrogens with one attached hydrogen (secondary N) is 1. The Labute approximate surface area is 91.3 Å². The summed E-state index contributed by atoms with van der Waals surface area (Å²) in [6.45, 7) is 1.93. The molecule has 3 nitrogen and oxygen atoms in total. The summed E-state index contributed by atoms with van der Waals surface area (Å²) in [7, 11) is 0. The number of rotatable bonds is 2. The van der Waals surface area contributed by atoms with Gasteiger partial charge in [-0.3, -0.25) is 0 Å². The van der Waals surface area contributed by atoms with E-state index in [9.17, 15) is 0 Å². The zero-order valence-corrected chi connectivity index (χ0v) is 9.37. The van der Waals surface area contributed by atoms with Crippen molar-refractivity contribution in [3.8, 4) is 0 Å². The van der Waals surface area contributed by atoms with Gasteiger partial charge in [-0.05, 0) is 25.8 Å². The number of hydrogen-bond acceptors (Lipinski definition) is 3. The van der Waals surface area contributed by atoms with Gasteiger partial charge < -0.3 is 5.32 Å². The Morgan fingerprint density at radius 3 is 2.60 bits per heavy atom. The predicted octanol–water partition coefficient (Wildman–Crippen LogP) is 2.92. The summed E-state index contributed by atoms with van der Waals surface area (Å²) in [5.74, 6) is 1.82. The highest BCUT2D eigenvalue weighted by molar-refractivity contribution is 5.34.